The zero-order valence-electron chi connectivity index (χ0n) is 17.9. The molecule has 0 spiro atoms. The summed E-state index contributed by atoms with van der Waals surface area (Å²) in [6.07, 6.45) is -0.376. The minimum atomic E-state index is -3.96. The van der Waals surface area contributed by atoms with Gasteiger partial charge in [0.1, 0.15) is 19.3 Å². The highest BCUT2D eigenvalue weighted by molar-refractivity contribution is 9.10. The lowest BCUT2D eigenvalue weighted by Gasteiger charge is -2.27. The lowest BCUT2D eigenvalue weighted by atomic mass is 10.2. The Morgan fingerprint density at radius 1 is 1.03 bits per heavy atom. The summed E-state index contributed by atoms with van der Waals surface area (Å²) in [7, 11) is -3.96. The highest BCUT2D eigenvalue weighted by Gasteiger charge is 2.28. The molecule has 1 heterocycles. The predicted octanol–water partition coefficient (Wildman–Crippen LogP) is 3.91. The van der Waals surface area contributed by atoms with Gasteiger partial charge in [-0.3, -0.25) is 9.10 Å². The Morgan fingerprint density at radius 2 is 1.70 bits per heavy atom. The van der Waals surface area contributed by atoms with E-state index in [2.05, 4.69) is 21.2 Å². The number of halogens is 1. The second-order valence-corrected chi connectivity index (χ2v) is 10.4. The molecule has 1 aliphatic rings. The number of nitrogens with one attached hydrogen (secondary N) is 1. The van der Waals surface area contributed by atoms with E-state index in [1.54, 1.807) is 54.6 Å². The second kappa shape index (κ2) is 9.84. The van der Waals surface area contributed by atoms with Crippen molar-refractivity contribution in [1.82, 2.24) is 5.32 Å². The zero-order valence-corrected chi connectivity index (χ0v) is 20.3. The molecular weight excluding hydrogens is 508 g/mol. The normalized spacial score (nSPS) is 15.0. The second-order valence-electron chi connectivity index (χ2n) is 7.60. The number of aryl methyl sites for hydroxylation is 1. The monoisotopic (exact) mass is 530 g/mol. The van der Waals surface area contributed by atoms with E-state index in [4.69, 9.17) is 9.47 Å². The number of nitrogens with zero attached hydrogens (tertiary/aromatic N) is 1. The molecule has 0 bridgehead atoms. The summed E-state index contributed by atoms with van der Waals surface area (Å²) in [5.41, 5.74) is 1.33. The summed E-state index contributed by atoms with van der Waals surface area (Å²) < 4.78 is 40.2. The largest absolute Gasteiger partial charge is 0.486 e. The Kier molecular flexibility index (Phi) is 6.90. The van der Waals surface area contributed by atoms with E-state index < -0.39 is 15.9 Å². The van der Waals surface area contributed by atoms with E-state index >= 15 is 0 Å². The smallest absolute Gasteiger partial charge is 0.264 e. The fourth-order valence-electron chi connectivity index (χ4n) is 3.34. The van der Waals surface area contributed by atoms with Gasteiger partial charge in [-0.1, -0.05) is 45.8 Å². The van der Waals surface area contributed by atoms with Gasteiger partial charge >= 0.3 is 0 Å². The van der Waals surface area contributed by atoms with Crippen LogP contribution in [0, 0.1) is 6.92 Å². The van der Waals surface area contributed by atoms with Crippen LogP contribution >= 0.6 is 15.9 Å². The van der Waals surface area contributed by atoms with Crippen molar-refractivity contribution in [3.05, 3.63) is 82.8 Å². The summed E-state index contributed by atoms with van der Waals surface area (Å²) in [4.78, 5) is 12.9. The van der Waals surface area contributed by atoms with Gasteiger partial charge in [0.2, 0.25) is 5.91 Å². The van der Waals surface area contributed by atoms with Crippen molar-refractivity contribution in [2.24, 2.45) is 0 Å². The van der Waals surface area contributed by atoms with Crippen LogP contribution in [0.3, 0.4) is 0 Å². The van der Waals surface area contributed by atoms with E-state index in [1.807, 2.05) is 25.1 Å². The summed E-state index contributed by atoms with van der Waals surface area (Å²) in [6.45, 7) is 1.98. The van der Waals surface area contributed by atoms with Crippen LogP contribution in [0.4, 0.5) is 5.69 Å². The van der Waals surface area contributed by atoms with Crippen LogP contribution < -0.4 is 19.1 Å². The first-order chi connectivity index (χ1) is 15.8. The van der Waals surface area contributed by atoms with Gasteiger partial charge in [0.05, 0.1) is 17.1 Å². The molecule has 0 fully saturated rings. The molecule has 0 radical (unpaired) electrons. The Labute approximate surface area is 201 Å². The lowest BCUT2D eigenvalue weighted by molar-refractivity contribution is -0.120. The number of sulfonamides is 1. The van der Waals surface area contributed by atoms with E-state index in [1.165, 1.54) is 0 Å². The van der Waals surface area contributed by atoms with Gasteiger partial charge in [-0.2, -0.15) is 0 Å². The number of rotatable bonds is 7. The van der Waals surface area contributed by atoms with Gasteiger partial charge in [-0.05, 0) is 55.5 Å². The van der Waals surface area contributed by atoms with Gasteiger partial charge in [0.25, 0.3) is 10.0 Å². The average molecular weight is 531 g/mol. The molecule has 0 saturated heterocycles. The third-order valence-electron chi connectivity index (χ3n) is 5.11. The van der Waals surface area contributed by atoms with Gasteiger partial charge in [-0.15, -0.1) is 0 Å². The minimum Gasteiger partial charge on any atom is -0.486 e. The number of carbonyl (C=O) groups excluding carboxylic acids is 1. The Balaban J connectivity index is 1.49. The highest BCUT2D eigenvalue weighted by Crippen LogP contribution is 2.30. The third-order valence-corrected chi connectivity index (χ3v) is 7.42. The maximum atomic E-state index is 13.4. The quantitative estimate of drug-likeness (QED) is 0.500. The van der Waals surface area contributed by atoms with Gasteiger partial charge in [-0.25, -0.2) is 8.42 Å². The van der Waals surface area contributed by atoms with Crippen molar-refractivity contribution < 1.29 is 22.7 Å². The number of para-hydroxylation sites is 2. The molecule has 0 aliphatic carbocycles. The van der Waals surface area contributed by atoms with Crippen LogP contribution in [0.25, 0.3) is 0 Å². The van der Waals surface area contributed by atoms with Gasteiger partial charge < -0.3 is 14.8 Å². The van der Waals surface area contributed by atoms with Crippen molar-refractivity contribution >= 4 is 37.5 Å². The molecule has 4 rings (SSSR count). The summed E-state index contributed by atoms with van der Waals surface area (Å²) in [6, 6.07) is 20.6. The fraction of sp³-hybridized carbons (Fsp3) is 0.208. The predicted molar refractivity (Wildman–Crippen MR) is 129 cm³/mol. The van der Waals surface area contributed by atoms with Crippen LogP contribution in [0.15, 0.2) is 82.2 Å². The average Bonchev–Trinajstić information content (AvgIpc) is 2.82. The molecule has 0 aromatic heterocycles. The minimum absolute atomic E-state index is 0.115. The molecule has 3 aromatic rings. The number of amides is 1. The SMILES string of the molecule is Cc1ccc(S(=O)(=O)N(CC(=O)NCC2COc3ccccc3O2)c2ccc(Br)cc2)cc1. The van der Waals surface area contributed by atoms with Gasteiger partial charge in [0, 0.05) is 4.47 Å². The van der Waals surface area contributed by atoms with Crippen molar-refractivity contribution in [3.63, 3.8) is 0 Å². The summed E-state index contributed by atoms with van der Waals surface area (Å²) >= 11 is 3.36. The molecular formula is C24H23BrN2O5S. The van der Waals surface area contributed by atoms with Crippen molar-refractivity contribution in [2.75, 3.05) is 24.0 Å². The number of hydrogen-bond acceptors (Lipinski definition) is 5. The fourth-order valence-corrected chi connectivity index (χ4v) is 5.02. The molecule has 1 aliphatic heterocycles. The van der Waals surface area contributed by atoms with Gasteiger partial charge in [0.15, 0.2) is 11.5 Å². The van der Waals surface area contributed by atoms with Crippen molar-refractivity contribution in [1.29, 1.82) is 0 Å². The first-order valence-corrected chi connectivity index (χ1v) is 12.6. The van der Waals surface area contributed by atoms with Crippen LogP contribution in [0.5, 0.6) is 11.5 Å². The molecule has 33 heavy (non-hydrogen) atoms. The maximum Gasteiger partial charge on any atom is 0.264 e. The molecule has 7 nitrogen and oxygen atoms in total. The molecule has 1 atom stereocenters. The molecule has 172 valence electrons. The number of ether oxygens (including phenoxy) is 2. The zero-order chi connectivity index (χ0) is 23.4. The lowest BCUT2D eigenvalue weighted by Crippen LogP contribution is -2.45. The number of hydrogen-bond donors (Lipinski definition) is 1. The van der Waals surface area contributed by atoms with E-state index in [0.717, 1.165) is 14.3 Å². The number of carbonyl (C=O) groups is 1. The van der Waals surface area contributed by atoms with Crippen LogP contribution in [-0.2, 0) is 14.8 Å². The third kappa shape index (κ3) is 5.48. The Hall–Kier alpha value is -3.04. The van der Waals surface area contributed by atoms with Crippen molar-refractivity contribution in [2.45, 2.75) is 17.9 Å². The molecule has 1 amide bonds. The van der Waals surface area contributed by atoms with Crippen LogP contribution in [0.2, 0.25) is 0 Å². The Morgan fingerprint density at radius 3 is 2.39 bits per heavy atom. The van der Waals surface area contributed by atoms with E-state index in [0.29, 0.717) is 17.2 Å². The standard InChI is InChI=1S/C24H23BrN2O5S/c1-17-6-12-21(13-7-17)33(29,30)27(19-10-8-18(25)9-11-19)15-24(28)26-14-20-16-31-22-4-2-3-5-23(22)32-20/h2-13,20H,14-16H2,1H3,(H,26,28). The molecule has 1 unspecified atom stereocenters. The maximum absolute atomic E-state index is 13.4. The molecule has 0 saturated carbocycles. The molecule has 1 N–H and O–H groups in total. The van der Waals surface area contributed by atoms with Crippen LogP contribution in [0.1, 0.15) is 5.56 Å². The number of fused-ring (bicyclic) bond motifs is 1. The summed E-state index contributed by atoms with van der Waals surface area (Å²) in [5.74, 6) is 0.822. The van der Waals surface area contributed by atoms with E-state index in [9.17, 15) is 13.2 Å². The Bertz CT molecular complexity index is 1230. The number of anilines is 1. The molecule has 3 aromatic carbocycles. The van der Waals surface area contributed by atoms with Crippen LogP contribution in [-0.4, -0.2) is 40.1 Å². The van der Waals surface area contributed by atoms with Crippen molar-refractivity contribution in [3.8, 4) is 11.5 Å². The number of benzene rings is 3. The topological polar surface area (TPSA) is 84.9 Å². The first kappa shape index (κ1) is 23.1. The highest BCUT2D eigenvalue weighted by atomic mass is 79.9. The first-order valence-electron chi connectivity index (χ1n) is 10.3. The van der Waals surface area contributed by atoms with E-state index in [-0.39, 0.29) is 30.7 Å². The summed E-state index contributed by atoms with van der Waals surface area (Å²) in [5, 5.41) is 2.77. The molecule has 9 heteroatoms.